The molecule has 0 aromatic carbocycles. The molecular weight excluding hydrogens is 248 g/mol. The summed E-state index contributed by atoms with van der Waals surface area (Å²) in [7, 11) is 0. The Morgan fingerprint density at radius 1 is 1.33 bits per heavy atom. The second-order valence-corrected chi connectivity index (χ2v) is 4.93. The maximum Gasteiger partial charge on any atom is 0.191 e. The fraction of sp³-hybridized carbons (Fsp3) is 0.250. The van der Waals surface area contributed by atoms with Crippen molar-refractivity contribution in [3.8, 4) is 16.6 Å². The van der Waals surface area contributed by atoms with Gasteiger partial charge in [-0.05, 0) is 24.1 Å². The van der Waals surface area contributed by atoms with Crippen LogP contribution in [0.5, 0.6) is 0 Å². The number of thiophene rings is 1. The average molecular weight is 258 g/mol. The first-order valence-corrected chi connectivity index (χ1v) is 6.38. The first-order valence-electron chi connectivity index (χ1n) is 5.56. The van der Waals surface area contributed by atoms with E-state index in [-0.39, 0.29) is 0 Å². The van der Waals surface area contributed by atoms with Gasteiger partial charge in [-0.3, -0.25) is 0 Å². The molecule has 0 saturated heterocycles. The molecule has 1 aliphatic rings. The van der Waals surface area contributed by atoms with Crippen molar-refractivity contribution in [2.24, 2.45) is 0 Å². The SMILES string of the molecule is N#Cc1n[nH]nc1-c1ccc(C2=CCOCC2)s1. The smallest absolute Gasteiger partial charge is 0.191 e. The Kier molecular flexibility index (Phi) is 2.92. The van der Waals surface area contributed by atoms with Gasteiger partial charge in [-0.2, -0.15) is 15.6 Å². The lowest BCUT2D eigenvalue weighted by Crippen LogP contribution is -2.02. The number of hydrogen-bond donors (Lipinski definition) is 1. The van der Waals surface area contributed by atoms with E-state index in [1.54, 1.807) is 11.3 Å². The Morgan fingerprint density at radius 2 is 2.22 bits per heavy atom. The van der Waals surface area contributed by atoms with Crippen molar-refractivity contribution in [1.29, 1.82) is 5.26 Å². The minimum absolute atomic E-state index is 0.337. The third-order valence-corrected chi connectivity index (χ3v) is 3.94. The second kappa shape index (κ2) is 4.72. The summed E-state index contributed by atoms with van der Waals surface area (Å²) in [6.07, 6.45) is 3.04. The average Bonchev–Trinajstić information content (AvgIpc) is 3.08. The van der Waals surface area contributed by atoms with E-state index in [1.165, 1.54) is 10.5 Å². The quantitative estimate of drug-likeness (QED) is 0.896. The molecule has 2 aromatic heterocycles. The predicted molar refractivity (Wildman–Crippen MR) is 67.8 cm³/mol. The Labute approximate surface area is 108 Å². The molecule has 0 saturated carbocycles. The van der Waals surface area contributed by atoms with Gasteiger partial charge < -0.3 is 4.74 Å². The minimum Gasteiger partial charge on any atom is -0.377 e. The number of aromatic amines is 1. The van der Waals surface area contributed by atoms with Gasteiger partial charge in [0.05, 0.1) is 18.1 Å². The first-order chi connectivity index (χ1) is 8.88. The van der Waals surface area contributed by atoms with E-state index in [4.69, 9.17) is 10.00 Å². The van der Waals surface area contributed by atoms with Gasteiger partial charge in [-0.25, -0.2) is 0 Å². The number of nitrogens with one attached hydrogen (secondary N) is 1. The number of rotatable bonds is 2. The van der Waals surface area contributed by atoms with Crippen LogP contribution in [0.4, 0.5) is 0 Å². The molecule has 6 heteroatoms. The summed E-state index contributed by atoms with van der Waals surface area (Å²) in [5, 5.41) is 19.2. The first kappa shape index (κ1) is 11.1. The number of H-pyrrole nitrogens is 1. The highest BCUT2D eigenvalue weighted by Crippen LogP contribution is 2.33. The molecule has 0 amide bonds. The standard InChI is InChI=1S/C12H10N4OS/c13-7-9-12(15-16-14-9)11-2-1-10(18-11)8-3-5-17-6-4-8/h1-3H,4-6H2,(H,14,15,16). The lowest BCUT2D eigenvalue weighted by Gasteiger charge is -2.11. The number of nitrogens with zero attached hydrogens (tertiary/aromatic N) is 3. The Morgan fingerprint density at radius 3 is 3.00 bits per heavy atom. The summed E-state index contributed by atoms with van der Waals surface area (Å²) in [6, 6.07) is 6.07. The van der Waals surface area contributed by atoms with Crippen molar-refractivity contribution in [3.05, 3.63) is 28.8 Å². The zero-order valence-electron chi connectivity index (χ0n) is 9.51. The molecule has 0 spiro atoms. The monoisotopic (exact) mass is 258 g/mol. The van der Waals surface area contributed by atoms with Crippen LogP contribution in [-0.4, -0.2) is 28.6 Å². The molecule has 0 bridgehead atoms. The normalized spacial score (nSPS) is 15.2. The van der Waals surface area contributed by atoms with Crippen LogP contribution in [0.2, 0.25) is 0 Å². The fourth-order valence-electron chi connectivity index (χ4n) is 1.87. The van der Waals surface area contributed by atoms with Crippen LogP contribution in [0.3, 0.4) is 0 Å². The topological polar surface area (TPSA) is 74.6 Å². The zero-order valence-corrected chi connectivity index (χ0v) is 10.3. The van der Waals surface area contributed by atoms with Crippen LogP contribution in [0, 0.1) is 11.3 Å². The van der Waals surface area contributed by atoms with Crippen molar-refractivity contribution in [2.45, 2.75) is 6.42 Å². The molecule has 18 heavy (non-hydrogen) atoms. The highest BCUT2D eigenvalue weighted by Gasteiger charge is 2.14. The van der Waals surface area contributed by atoms with Crippen molar-refractivity contribution in [2.75, 3.05) is 13.2 Å². The molecule has 1 aliphatic heterocycles. The fourth-order valence-corrected chi connectivity index (χ4v) is 2.93. The van der Waals surface area contributed by atoms with Crippen molar-refractivity contribution < 1.29 is 4.74 Å². The summed E-state index contributed by atoms with van der Waals surface area (Å²) < 4.78 is 5.29. The van der Waals surface area contributed by atoms with Crippen LogP contribution < -0.4 is 0 Å². The van der Waals surface area contributed by atoms with Gasteiger partial charge in [0.15, 0.2) is 5.69 Å². The van der Waals surface area contributed by atoms with Gasteiger partial charge in [0.1, 0.15) is 11.8 Å². The van der Waals surface area contributed by atoms with Gasteiger partial charge in [0.2, 0.25) is 0 Å². The number of ether oxygens (including phenoxy) is 1. The van der Waals surface area contributed by atoms with Crippen molar-refractivity contribution in [3.63, 3.8) is 0 Å². The molecule has 0 radical (unpaired) electrons. The molecule has 5 nitrogen and oxygen atoms in total. The van der Waals surface area contributed by atoms with Crippen LogP contribution in [0.15, 0.2) is 18.2 Å². The Bertz CT molecular complexity index is 635. The molecule has 0 atom stereocenters. The molecule has 90 valence electrons. The van der Waals surface area contributed by atoms with Crippen molar-refractivity contribution >= 4 is 16.9 Å². The molecule has 1 N–H and O–H groups in total. The van der Waals surface area contributed by atoms with Crippen LogP contribution in [0.25, 0.3) is 16.1 Å². The van der Waals surface area contributed by atoms with Crippen LogP contribution in [-0.2, 0) is 4.74 Å². The van der Waals surface area contributed by atoms with E-state index >= 15 is 0 Å². The highest BCUT2D eigenvalue weighted by molar-refractivity contribution is 7.16. The summed E-state index contributed by atoms with van der Waals surface area (Å²) in [6.45, 7) is 1.45. The maximum atomic E-state index is 8.93. The molecule has 0 aliphatic carbocycles. The van der Waals surface area contributed by atoms with Gasteiger partial charge in [0.25, 0.3) is 0 Å². The summed E-state index contributed by atoms with van der Waals surface area (Å²) in [4.78, 5) is 2.17. The second-order valence-electron chi connectivity index (χ2n) is 3.85. The predicted octanol–water partition coefficient (Wildman–Crippen LogP) is 2.21. The molecule has 3 heterocycles. The van der Waals surface area contributed by atoms with Gasteiger partial charge in [-0.15, -0.1) is 16.4 Å². The lowest BCUT2D eigenvalue weighted by molar-refractivity contribution is 0.161. The Hall–Kier alpha value is -1.97. The third kappa shape index (κ3) is 1.94. The van der Waals surface area contributed by atoms with E-state index < -0.39 is 0 Å². The van der Waals surface area contributed by atoms with Gasteiger partial charge in [-0.1, -0.05) is 6.08 Å². The van der Waals surface area contributed by atoms with Crippen LogP contribution >= 0.6 is 11.3 Å². The zero-order chi connectivity index (χ0) is 12.4. The molecule has 3 rings (SSSR count). The Balaban J connectivity index is 1.95. The van der Waals surface area contributed by atoms with E-state index in [2.05, 4.69) is 27.6 Å². The van der Waals surface area contributed by atoms with Crippen molar-refractivity contribution in [1.82, 2.24) is 15.4 Å². The molecule has 0 unspecified atom stereocenters. The minimum atomic E-state index is 0.337. The number of aromatic nitrogens is 3. The lowest BCUT2D eigenvalue weighted by atomic mass is 10.1. The molecule has 2 aromatic rings. The van der Waals surface area contributed by atoms with E-state index in [1.807, 2.05) is 12.1 Å². The van der Waals surface area contributed by atoms with Gasteiger partial charge >= 0.3 is 0 Å². The highest BCUT2D eigenvalue weighted by atomic mass is 32.1. The van der Waals surface area contributed by atoms with Crippen LogP contribution in [0.1, 0.15) is 17.0 Å². The molecule has 0 fully saturated rings. The van der Waals surface area contributed by atoms with E-state index in [9.17, 15) is 0 Å². The molecular formula is C12H10N4OS. The summed E-state index contributed by atoms with van der Waals surface area (Å²) >= 11 is 1.63. The summed E-state index contributed by atoms with van der Waals surface area (Å²) in [5.74, 6) is 0. The van der Waals surface area contributed by atoms with Gasteiger partial charge in [0, 0.05) is 4.88 Å². The third-order valence-electron chi connectivity index (χ3n) is 2.77. The van der Waals surface area contributed by atoms with E-state index in [0.717, 1.165) is 17.9 Å². The number of hydrogen-bond acceptors (Lipinski definition) is 5. The largest absolute Gasteiger partial charge is 0.377 e. The number of nitriles is 1. The van der Waals surface area contributed by atoms with E-state index in [0.29, 0.717) is 18.0 Å². The maximum absolute atomic E-state index is 8.93. The summed E-state index contributed by atoms with van der Waals surface area (Å²) in [5.41, 5.74) is 2.27.